The van der Waals surface area contributed by atoms with Gasteiger partial charge in [-0.2, -0.15) is 22.9 Å². The van der Waals surface area contributed by atoms with Crippen LogP contribution in [0.4, 0.5) is 0 Å². The summed E-state index contributed by atoms with van der Waals surface area (Å²) in [7, 11) is -1.61. The molecule has 0 bridgehead atoms. The molecule has 0 saturated carbocycles. The maximum Gasteiger partial charge on any atom is 4.00 e. The molecule has 5 heteroatoms. The molecule has 0 atom stereocenters. The Hall–Kier alpha value is -0.409. The first-order valence-electron chi connectivity index (χ1n) is 8.34. The second-order valence-corrected chi connectivity index (χ2v) is 11.6. The minimum atomic E-state index is -1.61. The predicted octanol–water partition coefficient (Wildman–Crippen LogP) is -4.55. The van der Waals surface area contributed by atoms with E-state index in [0.717, 1.165) is 6.42 Å². The summed E-state index contributed by atoms with van der Waals surface area (Å²) in [5.74, 6) is 0. The molecule has 142 valence electrons. The Bertz CT molecular complexity index is 793. The Morgan fingerprint density at radius 1 is 0.778 bits per heavy atom. The summed E-state index contributed by atoms with van der Waals surface area (Å²) in [4.78, 5) is 0. The monoisotopic (exact) mass is 470 g/mol. The third-order valence-corrected chi connectivity index (χ3v) is 8.22. The van der Waals surface area contributed by atoms with Gasteiger partial charge in [0, 0.05) is 0 Å². The summed E-state index contributed by atoms with van der Waals surface area (Å²) in [5, 5.41) is 3.07. The third kappa shape index (κ3) is 7.16. The molecule has 0 unspecified atom stereocenters. The normalized spacial score (nSPS) is 9.93. The molecule has 0 aliphatic carbocycles. The molecule has 3 aromatic rings. The van der Waals surface area contributed by atoms with E-state index in [0.29, 0.717) is 0 Å². The SMILES string of the molecule is Cc1cc(C)cc([Si](C)(C)[c-]2ccc(Cc3ccccc3)c2)c1.[Cl-].[Cl-].[Cl-].[Ti+4]. The van der Waals surface area contributed by atoms with Crippen molar-refractivity contribution in [3.05, 3.63) is 89.0 Å². The average molecular weight is 472 g/mol. The summed E-state index contributed by atoms with van der Waals surface area (Å²) in [6, 6.07) is 24.8. The molecule has 0 N–H and O–H groups in total. The van der Waals surface area contributed by atoms with Crippen LogP contribution >= 0.6 is 0 Å². The number of halogens is 3. The van der Waals surface area contributed by atoms with Gasteiger partial charge in [0.25, 0.3) is 0 Å². The third-order valence-electron chi connectivity index (χ3n) is 4.73. The molecule has 3 aromatic carbocycles. The van der Waals surface area contributed by atoms with Crippen LogP contribution < -0.4 is 47.6 Å². The molecule has 0 aromatic heterocycles. The van der Waals surface area contributed by atoms with Crippen LogP contribution in [0.3, 0.4) is 0 Å². The van der Waals surface area contributed by atoms with Gasteiger partial charge in [-0.15, -0.1) is 0 Å². The second kappa shape index (κ2) is 12.2. The van der Waals surface area contributed by atoms with Gasteiger partial charge in [-0.05, 0) is 13.8 Å². The van der Waals surface area contributed by atoms with Gasteiger partial charge in [-0.3, -0.25) is 0 Å². The number of rotatable bonds is 4. The van der Waals surface area contributed by atoms with E-state index in [1.807, 2.05) is 0 Å². The summed E-state index contributed by atoms with van der Waals surface area (Å²) in [6.45, 7) is 9.32. The Morgan fingerprint density at radius 3 is 1.89 bits per heavy atom. The maximum absolute atomic E-state index is 2.46. The molecule has 3 rings (SSSR count). The van der Waals surface area contributed by atoms with E-state index in [4.69, 9.17) is 0 Å². The molecule has 27 heavy (non-hydrogen) atoms. The van der Waals surface area contributed by atoms with Crippen LogP contribution in [0.1, 0.15) is 22.3 Å². The van der Waals surface area contributed by atoms with Crippen molar-refractivity contribution in [3.8, 4) is 0 Å². The summed E-state index contributed by atoms with van der Waals surface area (Å²) in [5.41, 5.74) is 5.56. The number of aryl methyl sites for hydroxylation is 2. The van der Waals surface area contributed by atoms with Gasteiger partial charge in [0.1, 0.15) is 0 Å². The zero-order valence-electron chi connectivity index (χ0n) is 16.2. The van der Waals surface area contributed by atoms with Crippen molar-refractivity contribution < 1.29 is 58.9 Å². The van der Waals surface area contributed by atoms with Crippen molar-refractivity contribution in [2.75, 3.05) is 0 Å². The molecule has 0 aliphatic heterocycles. The van der Waals surface area contributed by atoms with Crippen molar-refractivity contribution >= 4 is 18.4 Å². The van der Waals surface area contributed by atoms with Crippen molar-refractivity contribution in [1.82, 2.24) is 0 Å². The van der Waals surface area contributed by atoms with E-state index in [9.17, 15) is 0 Å². The first kappa shape index (κ1) is 28.8. The van der Waals surface area contributed by atoms with Gasteiger partial charge >= 0.3 is 21.7 Å². The average Bonchev–Trinajstić information content (AvgIpc) is 2.96. The number of benzene rings is 2. The molecular formula is C22H25Cl3SiTi. The molecule has 0 heterocycles. The van der Waals surface area contributed by atoms with Crippen molar-refractivity contribution in [1.29, 1.82) is 0 Å². The van der Waals surface area contributed by atoms with Crippen LogP contribution in [0.2, 0.25) is 13.1 Å². The Morgan fingerprint density at radius 2 is 1.33 bits per heavy atom. The van der Waals surface area contributed by atoms with Crippen molar-refractivity contribution in [2.24, 2.45) is 0 Å². The van der Waals surface area contributed by atoms with Crippen LogP contribution in [0, 0.1) is 13.8 Å². The molecular weight excluding hydrogens is 447 g/mol. The van der Waals surface area contributed by atoms with Crippen LogP contribution in [-0.2, 0) is 28.1 Å². The van der Waals surface area contributed by atoms with E-state index >= 15 is 0 Å². The fraction of sp³-hybridized carbons (Fsp3) is 0.227. The standard InChI is InChI=1S/C22H25Si.3ClH.Ti/c1-17-12-18(2)14-22(13-17)23(3,4)21-11-10-20(16-21)15-19-8-6-5-7-9-19;;;;/h5-14,16H,15H2,1-4H3;3*1H;/q-1;;;;+4/p-3. The summed E-state index contributed by atoms with van der Waals surface area (Å²) in [6.07, 6.45) is 1.03. The zero-order valence-corrected chi connectivity index (χ0v) is 21.0. The Balaban J connectivity index is 0. The van der Waals surface area contributed by atoms with E-state index in [2.05, 4.69) is 93.7 Å². The van der Waals surface area contributed by atoms with Gasteiger partial charge in [0.15, 0.2) is 0 Å². The second-order valence-electron chi connectivity index (χ2n) is 7.17. The summed E-state index contributed by atoms with van der Waals surface area (Å²) < 4.78 is 0. The van der Waals surface area contributed by atoms with E-state index in [1.165, 1.54) is 32.6 Å². The van der Waals surface area contributed by atoms with Crippen molar-refractivity contribution in [2.45, 2.75) is 33.4 Å². The Kier molecular flexibility index (Phi) is 13.0. The van der Waals surface area contributed by atoms with Gasteiger partial charge in [-0.1, -0.05) is 89.9 Å². The van der Waals surface area contributed by atoms with E-state index < -0.39 is 8.07 Å². The summed E-state index contributed by atoms with van der Waals surface area (Å²) >= 11 is 0. The first-order valence-corrected chi connectivity index (χ1v) is 11.3. The molecule has 0 radical (unpaired) electrons. The smallest absolute Gasteiger partial charge is 1.00 e. The fourth-order valence-corrected chi connectivity index (χ4v) is 5.88. The molecule has 0 spiro atoms. The van der Waals surface area contributed by atoms with Crippen LogP contribution in [-0.4, -0.2) is 8.07 Å². The van der Waals surface area contributed by atoms with Gasteiger partial charge in [0.2, 0.25) is 0 Å². The number of hydrogen-bond acceptors (Lipinski definition) is 0. The molecule has 0 nitrogen and oxygen atoms in total. The number of hydrogen-bond donors (Lipinski definition) is 0. The topological polar surface area (TPSA) is 0 Å². The first-order chi connectivity index (χ1) is 10.9. The van der Waals surface area contributed by atoms with Gasteiger partial charge in [0.05, 0.1) is 8.07 Å². The maximum atomic E-state index is 2.46. The quantitative estimate of drug-likeness (QED) is 0.266. The molecule has 0 fully saturated rings. The van der Waals surface area contributed by atoms with Gasteiger partial charge < -0.3 is 37.2 Å². The Labute approximate surface area is 198 Å². The van der Waals surface area contributed by atoms with Crippen LogP contribution in [0.25, 0.3) is 0 Å². The van der Waals surface area contributed by atoms with E-state index in [-0.39, 0.29) is 58.9 Å². The van der Waals surface area contributed by atoms with Gasteiger partial charge in [-0.25, -0.2) is 6.07 Å². The molecule has 0 aliphatic rings. The zero-order chi connectivity index (χ0) is 16.4. The minimum Gasteiger partial charge on any atom is -1.00 e. The minimum absolute atomic E-state index is 0. The van der Waals surface area contributed by atoms with Crippen LogP contribution in [0.15, 0.2) is 66.7 Å². The van der Waals surface area contributed by atoms with Crippen molar-refractivity contribution in [3.63, 3.8) is 0 Å². The largest absolute Gasteiger partial charge is 4.00 e. The predicted molar refractivity (Wildman–Crippen MR) is 104 cm³/mol. The fourth-order valence-electron chi connectivity index (χ4n) is 3.33. The van der Waals surface area contributed by atoms with Crippen LogP contribution in [0.5, 0.6) is 0 Å². The molecule has 0 saturated heterocycles. The van der Waals surface area contributed by atoms with E-state index in [1.54, 1.807) is 0 Å². The molecule has 0 amide bonds.